The molecule has 0 saturated carbocycles. The van der Waals surface area contributed by atoms with Gasteiger partial charge >= 0.3 is 0 Å². The molecule has 0 atom stereocenters. The molecular formula is C18H22Cl2N2O. The lowest BCUT2D eigenvalue weighted by molar-refractivity contribution is 0.306. The van der Waals surface area contributed by atoms with Crippen LogP contribution in [0.4, 0.5) is 0 Å². The molecule has 0 fully saturated rings. The van der Waals surface area contributed by atoms with Crippen LogP contribution in [-0.4, -0.2) is 32.1 Å². The van der Waals surface area contributed by atoms with Gasteiger partial charge in [0.15, 0.2) is 0 Å². The van der Waals surface area contributed by atoms with E-state index in [1.165, 1.54) is 5.56 Å². The molecule has 0 heterocycles. The quantitative estimate of drug-likeness (QED) is 0.719. The van der Waals surface area contributed by atoms with E-state index in [2.05, 4.69) is 36.4 Å². The SMILES string of the molecule is CN(C)CCNCc1ccc(OCc2ccc(Cl)cc2Cl)cc1. The highest BCUT2D eigenvalue weighted by Crippen LogP contribution is 2.22. The van der Waals surface area contributed by atoms with Crippen LogP contribution in [0.5, 0.6) is 5.75 Å². The van der Waals surface area contributed by atoms with E-state index in [9.17, 15) is 0 Å². The van der Waals surface area contributed by atoms with Crippen molar-refractivity contribution in [3.05, 3.63) is 63.6 Å². The lowest BCUT2D eigenvalue weighted by Gasteiger charge is -2.11. The van der Waals surface area contributed by atoms with Crippen molar-refractivity contribution in [1.82, 2.24) is 10.2 Å². The lowest BCUT2D eigenvalue weighted by atomic mass is 10.2. The van der Waals surface area contributed by atoms with E-state index in [0.717, 1.165) is 30.9 Å². The minimum atomic E-state index is 0.427. The molecule has 2 aromatic carbocycles. The van der Waals surface area contributed by atoms with Crippen LogP contribution in [0.1, 0.15) is 11.1 Å². The van der Waals surface area contributed by atoms with E-state index >= 15 is 0 Å². The van der Waals surface area contributed by atoms with Gasteiger partial charge in [0, 0.05) is 35.2 Å². The van der Waals surface area contributed by atoms with Gasteiger partial charge in [0.1, 0.15) is 12.4 Å². The highest BCUT2D eigenvalue weighted by molar-refractivity contribution is 6.35. The predicted octanol–water partition coefficient (Wildman–Crippen LogP) is 4.22. The Kier molecular flexibility index (Phi) is 7.18. The van der Waals surface area contributed by atoms with E-state index in [4.69, 9.17) is 27.9 Å². The largest absolute Gasteiger partial charge is 0.489 e. The maximum Gasteiger partial charge on any atom is 0.119 e. The van der Waals surface area contributed by atoms with Crippen molar-refractivity contribution in [3.8, 4) is 5.75 Å². The van der Waals surface area contributed by atoms with Gasteiger partial charge in [-0.05, 0) is 43.9 Å². The van der Waals surface area contributed by atoms with Gasteiger partial charge in [-0.1, -0.05) is 41.4 Å². The first kappa shape index (κ1) is 18.1. The van der Waals surface area contributed by atoms with Crippen LogP contribution in [-0.2, 0) is 13.2 Å². The molecule has 124 valence electrons. The molecule has 0 saturated heterocycles. The summed E-state index contributed by atoms with van der Waals surface area (Å²) in [5, 5.41) is 4.66. The molecule has 2 rings (SSSR count). The van der Waals surface area contributed by atoms with Crippen molar-refractivity contribution in [1.29, 1.82) is 0 Å². The number of nitrogens with zero attached hydrogens (tertiary/aromatic N) is 1. The van der Waals surface area contributed by atoms with E-state index in [1.807, 2.05) is 24.3 Å². The molecule has 0 aromatic heterocycles. The third-order valence-electron chi connectivity index (χ3n) is 3.40. The van der Waals surface area contributed by atoms with Crippen LogP contribution in [0, 0.1) is 0 Å². The lowest BCUT2D eigenvalue weighted by Crippen LogP contribution is -2.26. The van der Waals surface area contributed by atoms with Crippen LogP contribution in [0.2, 0.25) is 10.0 Å². The third-order valence-corrected chi connectivity index (χ3v) is 3.98. The fraction of sp³-hybridized carbons (Fsp3) is 0.333. The second kappa shape index (κ2) is 9.14. The van der Waals surface area contributed by atoms with Crippen LogP contribution >= 0.6 is 23.2 Å². The van der Waals surface area contributed by atoms with Gasteiger partial charge in [-0.2, -0.15) is 0 Å². The predicted molar refractivity (Wildman–Crippen MR) is 97.5 cm³/mol. The Bertz CT molecular complexity index is 615. The molecule has 0 aliphatic carbocycles. The van der Waals surface area contributed by atoms with Gasteiger partial charge in [-0.15, -0.1) is 0 Å². The molecule has 0 aliphatic heterocycles. The Labute approximate surface area is 148 Å². The fourth-order valence-electron chi connectivity index (χ4n) is 2.04. The maximum atomic E-state index is 6.14. The molecule has 0 amide bonds. The second-order valence-corrected chi connectivity index (χ2v) is 6.49. The summed E-state index contributed by atoms with van der Waals surface area (Å²) in [5.74, 6) is 0.827. The molecule has 0 radical (unpaired) electrons. The van der Waals surface area contributed by atoms with Crippen LogP contribution in [0.15, 0.2) is 42.5 Å². The minimum absolute atomic E-state index is 0.427. The molecule has 0 spiro atoms. The Morgan fingerprint density at radius 3 is 2.43 bits per heavy atom. The van der Waals surface area contributed by atoms with Gasteiger partial charge in [-0.25, -0.2) is 0 Å². The van der Waals surface area contributed by atoms with Gasteiger partial charge in [0.25, 0.3) is 0 Å². The normalized spacial score (nSPS) is 11.0. The smallest absolute Gasteiger partial charge is 0.119 e. The first-order valence-corrected chi connectivity index (χ1v) is 8.31. The third kappa shape index (κ3) is 6.40. The molecule has 2 aromatic rings. The van der Waals surface area contributed by atoms with E-state index in [0.29, 0.717) is 16.7 Å². The summed E-state index contributed by atoms with van der Waals surface area (Å²) in [6, 6.07) is 13.5. The van der Waals surface area contributed by atoms with Gasteiger partial charge in [0.05, 0.1) is 0 Å². The average molecular weight is 353 g/mol. The Morgan fingerprint density at radius 1 is 1.04 bits per heavy atom. The summed E-state index contributed by atoms with van der Waals surface area (Å²) in [5.41, 5.74) is 2.16. The number of benzene rings is 2. The Hall–Kier alpha value is -1.26. The van der Waals surface area contributed by atoms with Crippen molar-refractivity contribution in [2.75, 3.05) is 27.2 Å². The molecular weight excluding hydrogens is 331 g/mol. The highest BCUT2D eigenvalue weighted by Gasteiger charge is 2.03. The molecule has 0 unspecified atom stereocenters. The Balaban J connectivity index is 1.80. The molecule has 0 aliphatic rings. The summed E-state index contributed by atoms with van der Waals surface area (Å²) in [4.78, 5) is 2.16. The van der Waals surface area contributed by atoms with Crippen molar-refractivity contribution in [3.63, 3.8) is 0 Å². The first-order chi connectivity index (χ1) is 11.0. The number of hydrogen-bond acceptors (Lipinski definition) is 3. The van der Waals surface area contributed by atoms with Crippen molar-refractivity contribution < 1.29 is 4.74 Å². The standard InChI is InChI=1S/C18H22Cl2N2O/c1-22(2)10-9-21-12-14-3-7-17(8-4-14)23-13-15-5-6-16(19)11-18(15)20/h3-8,11,21H,9-10,12-13H2,1-2H3. The van der Waals surface area contributed by atoms with E-state index in [-0.39, 0.29) is 0 Å². The topological polar surface area (TPSA) is 24.5 Å². The summed E-state index contributed by atoms with van der Waals surface area (Å²) in [6.07, 6.45) is 0. The second-order valence-electron chi connectivity index (χ2n) is 5.65. The average Bonchev–Trinajstić information content (AvgIpc) is 2.52. The van der Waals surface area contributed by atoms with Crippen LogP contribution in [0.25, 0.3) is 0 Å². The molecule has 0 bridgehead atoms. The number of halogens is 2. The maximum absolute atomic E-state index is 6.14. The van der Waals surface area contributed by atoms with Crippen LogP contribution in [0.3, 0.4) is 0 Å². The monoisotopic (exact) mass is 352 g/mol. The molecule has 1 N–H and O–H groups in total. The number of rotatable bonds is 8. The van der Waals surface area contributed by atoms with E-state index < -0.39 is 0 Å². The van der Waals surface area contributed by atoms with Crippen molar-refractivity contribution >= 4 is 23.2 Å². The first-order valence-electron chi connectivity index (χ1n) is 7.56. The Morgan fingerprint density at radius 2 is 1.78 bits per heavy atom. The molecule has 3 nitrogen and oxygen atoms in total. The fourth-order valence-corrected chi connectivity index (χ4v) is 2.50. The zero-order valence-electron chi connectivity index (χ0n) is 13.5. The minimum Gasteiger partial charge on any atom is -0.489 e. The molecule has 23 heavy (non-hydrogen) atoms. The molecule has 5 heteroatoms. The highest BCUT2D eigenvalue weighted by atomic mass is 35.5. The number of nitrogens with one attached hydrogen (secondary N) is 1. The number of hydrogen-bond donors (Lipinski definition) is 1. The zero-order valence-corrected chi connectivity index (χ0v) is 15.0. The summed E-state index contributed by atoms with van der Waals surface area (Å²) in [6.45, 7) is 3.29. The van der Waals surface area contributed by atoms with Crippen molar-refractivity contribution in [2.24, 2.45) is 0 Å². The van der Waals surface area contributed by atoms with Crippen LogP contribution < -0.4 is 10.1 Å². The van der Waals surface area contributed by atoms with Gasteiger partial charge in [-0.3, -0.25) is 0 Å². The van der Waals surface area contributed by atoms with Gasteiger partial charge in [0.2, 0.25) is 0 Å². The van der Waals surface area contributed by atoms with E-state index in [1.54, 1.807) is 6.07 Å². The summed E-state index contributed by atoms with van der Waals surface area (Å²) >= 11 is 12.0. The number of ether oxygens (including phenoxy) is 1. The zero-order chi connectivity index (χ0) is 16.7. The summed E-state index contributed by atoms with van der Waals surface area (Å²) < 4.78 is 5.77. The van der Waals surface area contributed by atoms with Crippen molar-refractivity contribution in [2.45, 2.75) is 13.2 Å². The summed E-state index contributed by atoms with van der Waals surface area (Å²) in [7, 11) is 4.14. The number of likely N-dealkylation sites (N-methyl/N-ethyl adjacent to an activating group) is 1. The van der Waals surface area contributed by atoms with Gasteiger partial charge < -0.3 is 15.0 Å².